The molecule has 3 N–H and O–H groups in total. The third-order valence-electron chi connectivity index (χ3n) is 4.47. The molecule has 3 aromatic carbocycles. The lowest BCUT2D eigenvalue weighted by Gasteiger charge is -2.17. The molecule has 0 saturated carbocycles. The van der Waals surface area contributed by atoms with E-state index in [2.05, 4.69) is 5.32 Å². The third-order valence-corrected chi connectivity index (χ3v) is 4.47. The largest absolute Gasteiger partial charge is 0.368 e. The van der Waals surface area contributed by atoms with Gasteiger partial charge in [0.15, 0.2) is 0 Å². The molecule has 0 bridgehead atoms. The van der Waals surface area contributed by atoms with Gasteiger partial charge in [0.25, 0.3) is 5.91 Å². The molecule has 3 aromatic rings. The smallest absolute Gasteiger partial charge is 0.252 e. The number of amides is 2. The Morgan fingerprint density at radius 1 is 0.815 bits per heavy atom. The van der Waals surface area contributed by atoms with Gasteiger partial charge < -0.3 is 11.1 Å². The van der Waals surface area contributed by atoms with E-state index in [0.717, 1.165) is 16.7 Å². The summed E-state index contributed by atoms with van der Waals surface area (Å²) in [6.45, 7) is 0. The SMILES string of the molecule is NC(=O)[C@H](CCc1ccccc1)NC(=O)c1ccccc1-c1ccccc1. The first-order valence-corrected chi connectivity index (χ1v) is 8.93. The average Bonchev–Trinajstić information content (AvgIpc) is 2.72. The van der Waals surface area contributed by atoms with Crippen molar-refractivity contribution < 1.29 is 9.59 Å². The molecular formula is C23H22N2O2. The van der Waals surface area contributed by atoms with Crippen molar-refractivity contribution in [3.8, 4) is 11.1 Å². The van der Waals surface area contributed by atoms with Crippen molar-refractivity contribution >= 4 is 11.8 Å². The number of rotatable bonds is 7. The van der Waals surface area contributed by atoms with E-state index in [0.29, 0.717) is 18.4 Å². The van der Waals surface area contributed by atoms with Crippen LogP contribution in [0, 0.1) is 0 Å². The highest BCUT2D eigenvalue weighted by Crippen LogP contribution is 2.23. The van der Waals surface area contributed by atoms with Crippen molar-refractivity contribution in [2.75, 3.05) is 0 Å². The minimum absolute atomic E-state index is 0.300. The second kappa shape index (κ2) is 8.81. The normalized spacial score (nSPS) is 11.6. The summed E-state index contributed by atoms with van der Waals surface area (Å²) in [7, 11) is 0. The molecular weight excluding hydrogens is 336 g/mol. The van der Waals surface area contributed by atoms with Gasteiger partial charge in [-0.2, -0.15) is 0 Å². The lowest BCUT2D eigenvalue weighted by Crippen LogP contribution is -2.44. The first-order valence-electron chi connectivity index (χ1n) is 8.93. The van der Waals surface area contributed by atoms with Gasteiger partial charge in [-0.05, 0) is 35.6 Å². The predicted molar refractivity (Wildman–Crippen MR) is 107 cm³/mol. The Bertz CT molecular complexity index is 908. The first-order chi connectivity index (χ1) is 13.1. The molecule has 0 unspecified atom stereocenters. The van der Waals surface area contributed by atoms with Crippen LogP contribution in [0.15, 0.2) is 84.9 Å². The van der Waals surface area contributed by atoms with E-state index in [9.17, 15) is 9.59 Å². The van der Waals surface area contributed by atoms with Gasteiger partial charge in [0, 0.05) is 5.56 Å². The Labute approximate surface area is 159 Å². The Balaban J connectivity index is 1.76. The second-order valence-electron chi connectivity index (χ2n) is 6.36. The highest BCUT2D eigenvalue weighted by molar-refractivity contribution is 6.02. The molecule has 0 heterocycles. The van der Waals surface area contributed by atoms with E-state index < -0.39 is 11.9 Å². The monoisotopic (exact) mass is 358 g/mol. The van der Waals surface area contributed by atoms with Crippen molar-refractivity contribution in [2.24, 2.45) is 5.73 Å². The topological polar surface area (TPSA) is 72.2 Å². The minimum atomic E-state index is -0.721. The zero-order valence-corrected chi connectivity index (χ0v) is 15.0. The maximum Gasteiger partial charge on any atom is 0.252 e. The molecule has 2 amide bonds. The molecule has 4 heteroatoms. The zero-order chi connectivity index (χ0) is 19.1. The van der Waals surface area contributed by atoms with Crippen molar-refractivity contribution in [1.82, 2.24) is 5.32 Å². The third kappa shape index (κ3) is 4.82. The van der Waals surface area contributed by atoms with Gasteiger partial charge in [0.05, 0.1) is 0 Å². The Kier molecular flexibility index (Phi) is 6.00. The molecule has 0 aliphatic carbocycles. The van der Waals surface area contributed by atoms with Crippen LogP contribution in [0.3, 0.4) is 0 Å². The summed E-state index contributed by atoms with van der Waals surface area (Å²) < 4.78 is 0. The van der Waals surface area contributed by atoms with Crippen LogP contribution in [0.2, 0.25) is 0 Å². The molecule has 0 aromatic heterocycles. The average molecular weight is 358 g/mol. The molecule has 1 atom stereocenters. The molecule has 0 radical (unpaired) electrons. The van der Waals surface area contributed by atoms with Crippen molar-refractivity contribution in [3.63, 3.8) is 0 Å². The number of carbonyl (C=O) groups is 2. The summed E-state index contributed by atoms with van der Waals surface area (Å²) >= 11 is 0. The van der Waals surface area contributed by atoms with E-state index in [-0.39, 0.29) is 5.91 Å². The maximum absolute atomic E-state index is 12.8. The van der Waals surface area contributed by atoms with Crippen LogP contribution in [0.25, 0.3) is 11.1 Å². The van der Waals surface area contributed by atoms with E-state index in [1.165, 1.54) is 0 Å². The predicted octanol–water partition coefficient (Wildman–Crippen LogP) is 3.57. The first kappa shape index (κ1) is 18.4. The highest BCUT2D eigenvalue weighted by atomic mass is 16.2. The molecule has 27 heavy (non-hydrogen) atoms. The highest BCUT2D eigenvalue weighted by Gasteiger charge is 2.20. The summed E-state index contributed by atoms with van der Waals surface area (Å²) in [6.07, 6.45) is 1.12. The van der Waals surface area contributed by atoms with Crippen molar-refractivity contribution in [3.05, 3.63) is 96.1 Å². The van der Waals surface area contributed by atoms with E-state index >= 15 is 0 Å². The van der Waals surface area contributed by atoms with Gasteiger partial charge in [0.2, 0.25) is 5.91 Å². The van der Waals surface area contributed by atoms with Gasteiger partial charge >= 0.3 is 0 Å². The molecule has 0 spiro atoms. The van der Waals surface area contributed by atoms with E-state index in [1.54, 1.807) is 6.07 Å². The number of aryl methyl sites for hydroxylation is 1. The molecule has 4 nitrogen and oxygen atoms in total. The molecule has 0 fully saturated rings. The zero-order valence-electron chi connectivity index (χ0n) is 15.0. The van der Waals surface area contributed by atoms with Gasteiger partial charge in [-0.15, -0.1) is 0 Å². The quantitative estimate of drug-likeness (QED) is 0.678. The minimum Gasteiger partial charge on any atom is -0.368 e. The van der Waals surface area contributed by atoms with Crippen molar-refractivity contribution in [2.45, 2.75) is 18.9 Å². The number of hydrogen-bond acceptors (Lipinski definition) is 2. The Morgan fingerprint density at radius 3 is 2.07 bits per heavy atom. The van der Waals surface area contributed by atoms with E-state index in [4.69, 9.17) is 5.73 Å². The van der Waals surface area contributed by atoms with E-state index in [1.807, 2.05) is 78.9 Å². The summed E-state index contributed by atoms with van der Waals surface area (Å²) in [6, 6.07) is 26.1. The summed E-state index contributed by atoms with van der Waals surface area (Å²) in [5.74, 6) is -0.831. The Morgan fingerprint density at radius 2 is 1.41 bits per heavy atom. The number of primary amides is 1. The number of nitrogens with two attached hydrogens (primary N) is 1. The van der Waals surface area contributed by atoms with Crippen LogP contribution in [0.5, 0.6) is 0 Å². The second-order valence-corrected chi connectivity index (χ2v) is 6.36. The van der Waals surface area contributed by atoms with Gasteiger partial charge in [-0.3, -0.25) is 9.59 Å². The molecule has 0 saturated heterocycles. The summed E-state index contributed by atoms with van der Waals surface area (Å²) in [5, 5.41) is 2.80. The summed E-state index contributed by atoms with van der Waals surface area (Å²) in [5.41, 5.74) is 8.91. The van der Waals surface area contributed by atoms with Crippen LogP contribution in [0.1, 0.15) is 22.3 Å². The number of hydrogen-bond donors (Lipinski definition) is 2. The molecule has 136 valence electrons. The van der Waals surface area contributed by atoms with Crippen LogP contribution in [0.4, 0.5) is 0 Å². The molecule has 3 rings (SSSR count). The fraction of sp³-hybridized carbons (Fsp3) is 0.130. The summed E-state index contributed by atoms with van der Waals surface area (Å²) in [4.78, 5) is 24.7. The standard InChI is InChI=1S/C23H22N2O2/c24-22(26)21(16-15-17-9-3-1-4-10-17)25-23(27)20-14-8-7-13-19(20)18-11-5-2-6-12-18/h1-14,21H,15-16H2,(H2,24,26)(H,25,27)/t21-/m0/s1. The van der Waals surface area contributed by atoms with Gasteiger partial charge in [-0.25, -0.2) is 0 Å². The molecule has 0 aliphatic rings. The number of carbonyl (C=O) groups excluding carboxylic acids is 2. The lowest BCUT2D eigenvalue weighted by atomic mass is 9.98. The van der Waals surface area contributed by atoms with Crippen LogP contribution in [-0.2, 0) is 11.2 Å². The molecule has 0 aliphatic heterocycles. The van der Waals surface area contributed by atoms with Crippen molar-refractivity contribution in [1.29, 1.82) is 0 Å². The van der Waals surface area contributed by atoms with Gasteiger partial charge in [-0.1, -0.05) is 78.9 Å². The Hall–Kier alpha value is -3.40. The fourth-order valence-electron chi connectivity index (χ4n) is 3.03. The van der Waals surface area contributed by atoms with Gasteiger partial charge in [0.1, 0.15) is 6.04 Å². The lowest BCUT2D eigenvalue weighted by molar-refractivity contribution is -0.120. The van der Waals surface area contributed by atoms with Crippen LogP contribution >= 0.6 is 0 Å². The van der Waals surface area contributed by atoms with Crippen LogP contribution in [-0.4, -0.2) is 17.9 Å². The maximum atomic E-state index is 12.8. The fourth-order valence-corrected chi connectivity index (χ4v) is 3.03. The number of nitrogens with one attached hydrogen (secondary N) is 1. The number of benzene rings is 3. The van der Waals surface area contributed by atoms with Crippen LogP contribution < -0.4 is 11.1 Å².